The highest BCUT2D eigenvalue weighted by Crippen LogP contribution is 2.72. The molecule has 20 rings (SSSR count). The van der Waals surface area contributed by atoms with Gasteiger partial charge in [-0.2, -0.15) is 0 Å². The van der Waals surface area contributed by atoms with E-state index in [9.17, 15) is 67.7 Å². The van der Waals surface area contributed by atoms with Crippen LogP contribution in [0.2, 0.25) is 0 Å². The summed E-state index contributed by atoms with van der Waals surface area (Å²) in [6.45, 7) is 39.1. The Bertz CT molecular complexity index is 5760. The smallest absolute Gasteiger partial charge is 0.337 e. The fourth-order valence-corrected chi connectivity index (χ4v) is 24.1. The normalized spacial score (nSPS) is 28.6. The third kappa shape index (κ3) is 22.8. The van der Waals surface area contributed by atoms with Crippen LogP contribution in [0.15, 0.2) is 156 Å². The summed E-state index contributed by atoms with van der Waals surface area (Å²) < 4.78 is 65.9. The average Bonchev–Trinajstić information content (AvgIpc) is 1.54. The molecule has 33 heteroatoms. The van der Waals surface area contributed by atoms with Gasteiger partial charge >= 0.3 is 47.8 Å². The Balaban J connectivity index is 0.000000136. The number of para-hydroxylation sites is 6. The Morgan fingerprint density at radius 3 is 1.26 bits per heavy atom. The molecule has 772 valence electrons. The quantitative estimate of drug-likeness (QED) is 0.0531. The highest BCUT2D eigenvalue weighted by atomic mass is 16.6. The maximum Gasteiger partial charge on any atom is 0.337 e. The van der Waals surface area contributed by atoms with E-state index in [4.69, 9.17) is 67.8 Å². The molecule has 4 N–H and O–H groups in total. The van der Waals surface area contributed by atoms with Crippen LogP contribution in [0.25, 0.3) is 6.08 Å². The number of ether oxygens (including phenoxy) is 12. The fraction of sp³-hybridized carbons (Fsp3) is 0.545. The van der Waals surface area contributed by atoms with E-state index in [1.807, 2.05) is 229 Å². The number of likely N-dealkylation sites (tertiary alicyclic amines) is 2. The molecule has 0 aromatic heterocycles. The highest BCUT2D eigenvalue weighted by Gasteiger charge is 2.67. The van der Waals surface area contributed by atoms with Gasteiger partial charge in [0.05, 0.1) is 56.7 Å². The summed E-state index contributed by atoms with van der Waals surface area (Å²) in [7, 11) is 13.3. The van der Waals surface area contributed by atoms with Crippen LogP contribution in [0.3, 0.4) is 0 Å². The maximum absolute atomic E-state index is 13.9. The first kappa shape index (κ1) is 108. The number of rotatable bonds is 11. The molecule has 14 aliphatic rings. The summed E-state index contributed by atoms with van der Waals surface area (Å²) in [6, 6.07) is 42.1. The Kier molecular flexibility index (Phi) is 31.9. The van der Waals surface area contributed by atoms with Gasteiger partial charge in [0.15, 0.2) is 11.6 Å². The lowest BCUT2D eigenvalue weighted by Crippen LogP contribution is -2.47. The number of aliphatic imine (C=N–C) groups is 1. The van der Waals surface area contributed by atoms with Crippen molar-refractivity contribution in [2.24, 2.45) is 79.9 Å². The van der Waals surface area contributed by atoms with Gasteiger partial charge in [0.1, 0.15) is 114 Å². The number of carboxylic acids is 2. The van der Waals surface area contributed by atoms with E-state index >= 15 is 0 Å². The minimum Gasteiger partial charge on any atom is -0.493 e. The van der Waals surface area contributed by atoms with Crippen LogP contribution in [0.1, 0.15) is 226 Å². The van der Waals surface area contributed by atoms with Crippen molar-refractivity contribution in [1.29, 1.82) is 0 Å². The number of hydrogen-bond acceptors (Lipinski definition) is 25. The zero-order valence-corrected chi connectivity index (χ0v) is 86.6. The van der Waals surface area contributed by atoms with Crippen LogP contribution in [-0.4, -0.2) is 233 Å². The molecule has 10 aliphatic heterocycles. The van der Waals surface area contributed by atoms with Crippen molar-refractivity contribution < 1.29 is 125 Å². The van der Waals surface area contributed by atoms with Gasteiger partial charge in [-0.15, -0.1) is 0 Å². The molecular weight excluding hydrogens is 1850 g/mol. The Morgan fingerprint density at radius 2 is 0.869 bits per heavy atom. The van der Waals surface area contributed by atoms with E-state index < -0.39 is 82.0 Å². The number of aliphatic carboxylic acids is 2. The molecule has 20 atom stereocenters. The molecule has 4 radical (unpaired) electrons. The molecule has 31 nitrogen and oxygen atoms in total. The number of carbonyl (C=O) groups is 12. The van der Waals surface area contributed by atoms with E-state index in [-0.39, 0.29) is 143 Å². The maximum atomic E-state index is 13.9. The van der Waals surface area contributed by atoms with Crippen molar-refractivity contribution in [3.63, 3.8) is 0 Å². The highest BCUT2D eigenvalue weighted by molar-refractivity contribution is 6.57. The lowest BCUT2D eigenvalue weighted by Gasteiger charge is -2.46. The molecule has 6 aromatic carbocycles. The second-order valence-electron chi connectivity index (χ2n) is 45.4. The molecule has 4 bridgehead atoms. The van der Waals surface area contributed by atoms with Crippen LogP contribution in [-0.2, 0) is 76.4 Å². The van der Waals surface area contributed by atoms with Crippen LogP contribution >= 0.6 is 0 Å². The number of benzene rings is 6. The SMILES string of the molecule is CC(C)(C)OC(=O)CN=C1CC2CCC1(C)C2(C)C.CC(C)(C)OC(=O)[C@H]1NC(=O)[C@@H]2COc3ccccc3[C@H]12.CC(C)(C)OC(=O)[C@H]1NC(=O)[C@@H]2COc3ccccc3[C@H]12.COC(=O)C1=Cc2ccccc2OC1.COC(=O)[C@@H]1COc2ccccc2[C@@H]1[C@@H](C(=O)OC(C)(C)C)C1CC2CCC1(C)C2(C)C.[B]C(=O)N1C[C@@H]2COc3ccccc3[C@@H]2[C@H]1C(=O)O.[B]C(=O)N1C[C@@H]2COc3ccccc3[C@@H]2[C@H]1C(=O)O. The van der Waals surface area contributed by atoms with Gasteiger partial charge in [-0.25, -0.2) is 24.0 Å². The van der Waals surface area contributed by atoms with Crippen molar-refractivity contribution >= 4 is 98.7 Å². The zero-order chi connectivity index (χ0) is 105. The van der Waals surface area contributed by atoms with E-state index in [1.165, 1.54) is 49.0 Å². The van der Waals surface area contributed by atoms with Crippen molar-refractivity contribution in [3.8, 4) is 34.5 Å². The number of methoxy groups -OCH3 is 2. The number of carboxylic acid groups (broad SMARTS) is 2. The largest absolute Gasteiger partial charge is 0.493 e. The van der Waals surface area contributed by atoms with E-state index in [2.05, 4.69) is 61.9 Å². The topological polar surface area (TPSA) is 399 Å². The van der Waals surface area contributed by atoms with Crippen LogP contribution in [0.4, 0.5) is 9.59 Å². The number of nitrogens with one attached hydrogen (secondary N) is 2. The average molecular weight is 1990 g/mol. The minimum atomic E-state index is -1.02. The van der Waals surface area contributed by atoms with Crippen LogP contribution < -0.4 is 39.1 Å². The van der Waals surface area contributed by atoms with E-state index in [1.54, 1.807) is 6.08 Å². The summed E-state index contributed by atoms with van der Waals surface area (Å²) in [5.74, 6) is -2.72. The summed E-state index contributed by atoms with van der Waals surface area (Å²) in [4.78, 5) is 152. The molecule has 4 aliphatic carbocycles. The summed E-state index contributed by atoms with van der Waals surface area (Å²) in [6.07, 6.45) is 8.65. The molecule has 4 saturated heterocycles. The molecule has 4 amide bonds. The van der Waals surface area contributed by atoms with Gasteiger partial charge in [0, 0.05) is 93.5 Å². The predicted octanol–water partition coefficient (Wildman–Crippen LogP) is 15.5. The zero-order valence-electron chi connectivity index (χ0n) is 86.6. The number of fused-ring (bicyclic) bond motifs is 18. The van der Waals surface area contributed by atoms with E-state index in [0.29, 0.717) is 67.9 Å². The van der Waals surface area contributed by atoms with Crippen molar-refractivity contribution in [2.75, 3.05) is 73.5 Å². The standard InChI is InChI=1S/C27H38O5.2C16H19NO4.C16H27NO2.2C13H12BNO4.C11H10O3/c1-25(2,3)32-24(29)22(19-14-16-12-13-27(19,6)26(16,4)5)21-17-10-8-9-11-20(17)31-15-18(21)23(28)30-7;2*1-16(2,3)21-15(19)13-12-9-6-4-5-7-11(9)20-8-10(12)14(18)17-13;1-14(2,3)19-13(18)10-17-12-9-11-7-8-16(12,6)15(11,4)5;2*14-13(18)15-5-7-6-19-9-4-2-1-3-8(9)10(7)11(15)12(16)17;1-13-11(12)9-6-8-4-2-3-5-10(8)14-7-9/h8-11,16,18-19,21-22H,12-15H2,1-7H3;2*4-7,10,12-13H,8H2,1-3H3,(H,17,18);11H,7-10H2,1-6H3;2*1-4,7,10-11H,5-6H2,(H,16,17);2-6H,7H2,1H3/t16?,18-,19?,21+,22+,27?;2*10-,12+,13+;;2*7-,10-,11+;/m111.11./s1. The second kappa shape index (κ2) is 42.8. The van der Waals surface area contributed by atoms with Crippen molar-refractivity contribution in [1.82, 2.24) is 20.4 Å². The Hall–Kier alpha value is -12.7. The Labute approximate surface area is 850 Å². The van der Waals surface area contributed by atoms with E-state index in [0.717, 1.165) is 81.6 Å². The van der Waals surface area contributed by atoms with Crippen LogP contribution in [0.5, 0.6) is 34.5 Å². The second-order valence-corrected chi connectivity index (χ2v) is 45.4. The monoisotopic (exact) mass is 1990 g/mol. The first-order valence-electron chi connectivity index (χ1n) is 50.0. The molecular formula is C112H137B2N5O26. The third-order valence-corrected chi connectivity index (χ3v) is 31.7. The van der Waals surface area contributed by atoms with Gasteiger partial charge in [-0.3, -0.25) is 38.6 Å². The first-order chi connectivity index (χ1) is 68.2. The molecule has 8 fully saturated rings. The van der Waals surface area contributed by atoms with Gasteiger partial charge in [0.25, 0.3) is 0 Å². The fourth-order valence-electron chi connectivity index (χ4n) is 24.1. The summed E-state index contributed by atoms with van der Waals surface area (Å²) in [5, 5.41) is 24.3. The van der Waals surface area contributed by atoms with Crippen molar-refractivity contribution in [3.05, 3.63) is 185 Å². The van der Waals surface area contributed by atoms with Gasteiger partial charge in [-0.1, -0.05) is 151 Å². The van der Waals surface area contributed by atoms with Crippen molar-refractivity contribution in [2.45, 2.75) is 239 Å². The molecule has 4 saturated carbocycles. The number of nitrogens with zero attached hydrogens (tertiary/aromatic N) is 3. The molecule has 145 heavy (non-hydrogen) atoms. The third-order valence-electron chi connectivity index (χ3n) is 31.7. The lowest BCUT2D eigenvalue weighted by molar-refractivity contribution is -0.169. The summed E-state index contributed by atoms with van der Waals surface area (Å²) in [5.41, 5.74) is 5.55. The molecule has 5 unspecified atom stereocenters. The number of amides is 4. The van der Waals surface area contributed by atoms with Gasteiger partial charge < -0.3 is 87.5 Å². The first-order valence-corrected chi connectivity index (χ1v) is 50.0. The summed E-state index contributed by atoms with van der Waals surface area (Å²) >= 11 is 0. The van der Waals surface area contributed by atoms with Gasteiger partial charge in [0.2, 0.25) is 27.5 Å². The minimum absolute atomic E-state index is 0.00710. The Morgan fingerprint density at radius 1 is 0.469 bits per heavy atom. The molecule has 0 spiro atoms. The van der Waals surface area contributed by atoms with Crippen LogP contribution in [0, 0.1) is 74.9 Å². The number of hydrogen-bond donors (Lipinski definition) is 4. The molecule has 10 heterocycles. The predicted molar refractivity (Wildman–Crippen MR) is 538 cm³/mol. The van der Waals surface area contributed by atoms with Gasteiger partial charge in [-0.05, 0) is 204 Å². The number of carbonyl (C=O) groups excluding carboxylic acids is 10. The molecule has 6 aromatic rings. The number of esters is 6. The lowest BCUT2D eigenvalue weighted by atomic mass is 9.59.